The number of aromatic nitrogens is 4. The van der Waals surface area contributed by atoms with Gasteiger partial charge in [0.25, 0.3) is 5.91 Å². The van der Waals surface area contributed by atoms with E-state index in [-0.39, 0.29) is 18.0 Å². The molecule has 0 radical (unpaired) electrons. The van der Waals surface area contributed by atoms with E-state index in [1.54, 1.807) is 23.0 Å². The number of hydrogen-bond donors (Lipinski definition) is 2. The van der Waals surface area contributed by atoms with Crippen LogP contribution in [0, 0.1) is 0 Å². The van der Waals surface area contributed by atoms with Crippen molar-refractivity contribution < 1.29 is 9.53 Å². The predicted molar refractivity (Wildman–Crippen MR) is 123 cm³/mol. The summed E-state index contributed by atoms with van der Waals surface area (Å²) < 4.78 is 7.13. The number of carbonyl (C=O) groups excluding carboxylic acids is 1. The topological polar surface area (TPSA) is 93.4 Å². The number of nitrogens with zero attached hydrogens (tertiary/aromatic N) is 4. The van der Waals surface area contributed by atoms with Gasteiger partial charge in [-0.3, -0.25) is 4.79 Å². The van der Waals surface area contributed by atoms with Crippen LogP contribution < -0.4 is 10.6 Å². The van der Waals surface area contributed by atoms with Crippen LogP contribution in [-0.2, 0) is 4.74 Å². The summed E-state index contributed by atoms with van der Waals surface area (Å²) in [7, 11) is 0. The highest BCUT2D eigenvalue weighted by Crippen LogP contribution is 2.29. The highest BCUT2D eigenvalue weighted by molar-refractivity contribution is 6.36. The van der Waals surface area contributed by atoms with E-state index in [0.717, 1.165) is 35.4 Å². The van der Waals surface area contributed by atoms with Gasteiger partial charge in [-0.1, -0.05) is 23.7 Å². The molecule has 3 aromatic heterocycles. The van der Waals surface area contributed by atoms with Gasteiger partial charge >= 0.3 is 0 Å². The van der Waals surface area contributed by atoms with E-state index in [4.69, 9.17) is 21.3 Å². The number of ether oxygens (including phenoxy) is 1. The molecule has 2 N–H and O–H groups in total. The zero-order valence-electron chi connectivity index (χ0n) is 17.6. The third kappa shape index (κ3) is 3.99. The van der Waals surface area contributed by atoms with E-state index in [9.17, 15) is 4.79 Å². The monoisotopic (exact) mass is 450 g/mol. The maximum absolute atomic E-state index is 13.2. The van der Waals surface area contributed by atoms with Crippen molar-refractivity contribution in [2.24, 2.45) is 0 Å². The molecule has 0 aliphatic carbocycles. The Morgan fingerprint density at radius 2 is 2.06 bits per heavy atom. The van der Waals surface area contributed by atoms with Crippen LogP contribution in [0.25, 0.3) is 16.4 Å². The SMILES string of the molecule is CC(Nc1ccnc2ccnn12)c1cc2cccc(Cl)c2c(C(=O)NC2CCOCC2)n1. The molecule has 1 aliphatic heterocycles. The predicted octanol–water partition coefficient (Wildman–Crippen LogP) is 4.01. The molecule has 1 saturated heterocycles. The summed E-state index contributed by atoms with van der Waals surface area (Å²) >= 11 is 6.49. The lowest BCUT2D eigenvalue weighted by Gasteiger charge is -2.23. The van der Waals surface area contributed by atoms with E-state index >= 15 is 0 Å². The number of nitrogens with one attached hydrogen (secondary N) is 2. The smallest absolute Gasteiger partial charge is 0.270 e. The number of fused-ring (bicyclic) bond motifs is 2. The van der Waals surface area contributed by atoms with Crippen LogP contribution >= 0.6 is 11.6 Å². The van der Waals surface area contributed by atoms with E-state index < -0.39 is 0 Å². The van der Waals surface area contributed by atoms with Crippen LogP contribution in [0.1, 0.15) is 42.0 Å². The van der Waals surface area contributed by atoms with Crippen molar-refractivity contribution in [1.29, 1.82) is 0 Å². The number of amides is 1. The van der Waals surface area contributed by atoms with Crippen molar-refractivity contribution >= 4 is 39.7 Å². The molecular formula is C23H23ClN6O2. The van der Waals surface area contributed by atoms with Crippen LogP contribution in [0.15, 0.2) is 48.8 Å². The zero-order valence-corrected chi connectivity index (χ0v) is 18.3. The molecule has 0 saturated carbocycles. The fraction of sp³-hybridized carbons (Fsp3) is 0.304. The number of pyridine rings is 1. The Bertz CT molecular complexity index is 1280. The minimum Gasteiger partial charge on any atom is -0.381 e. The molecule has 4 heterocycles. The first-order valence-corrected chi connectivity index (χ1v) is 11.0. The summed E-state index contributed by atoms with van der Waals surface area (Å²) in [5, 5.41) is 12.9. The van der Waals surface area contributed by atoms with Gasteiger partial charge in [-0.15, -0.1) is 0 Å². The lowest BCUT2D eigenvalue weighted by Crippen LogP contribution is -2.39. The van der Waals surface area contributed by atoms with Gasteiger partial charge in [0.05, 0.1) is 23.0 Å². The molecule has 0 spiro atoms. The molecule has 9 heteroatoms. The van der Waals surface area contributed by atoms with Gasteiger partial charge < -0.3 is 15.4 Å². The molecule has 0 bridgehead atoms. The Balaban J connectivity index is 1.50. The molecule has 4 aromatic rings. The average molecular weight is 451 g/mol. The molecule has 1 aliphatic rings. The normalized spacial score (nSPS) is 15.7. The van der Waals surface area contributed by atoms with E-state index in [1.165, 1.54) is 0 Å². The molecular weight excluding hydrogens is 428 g/mol. The van der Waals surface area contributed by atoms with Crippen molar-refractivity contribution in [2.75, 3.05) is 18.5 Å². The Hall–Kier alpha value is -3.23. The summed E-state index contributed by atoms with van der Waals surface area (Å²) in [5.74, 6) is 0.566. The summed E-state index contributed by atoms with van der Waals surface area (Å²) in [6.07, 6.45) is 5.01. The molecule has 1 fully saturated rings. The fourth-order valence-electron chi connectivity index (χ4n) is 4.01. The number of halogens is 1. The minimum atomic E-state index is -0.220. The van der Waals surface area contributed by atoms with Gasteiger partial charge in [0.1, 0.15) is 11.5 Å². The van der Waals surface area contributed by atoms with Crippen LogP contribution in [0.3, 0.4) is 0 Å². The number of hydrogen-bond acceptors (Lipinski definition) is 6. The van der Waals surface area contributed by atoms with Crippen molar-refractivity contribution in [2.45, 2.75) is 31.8 Å². The molecule has 1 unspecified atom stereocenters. The quantitative estimate of drug-likeness (QED) is 0.477. The number of benzene rings is 1. The van der Waals surface area contributed by atoms with Gasteiger partial charge in [0.15, 0.2) is 5.65 Å². The molecule has 1 atom stereocenters. The molecule has 5 rings (SSSR count). The fourth-order valence-corrected chi connectivity index (χ4v) is 4.28. The average Bonchev–Trinajstić information content (AvgIpc) is 3.29. The van der Waals surface area contributed by atoms with Gasteiger partial charge in [0, 0.05) is 36.9 Å². The highest BCUT2D eigenvalue weighted by atomic mass is 35.5. The Morgan fingerprint density at radius 1 is 1.22 bits per heavy atom. The van der Waals surface area contributed by atoms with E-state index in [2.05, 4.69) is 20.7 Å². The molecule has 1 aromatic carbocycles. The Morgan fingerprint density at radius 3 is 2.91 bits per heavy atom. The van der Waals surface area contributed by atoms with Gasteiger partial charge in [-0.25, -0.2) is 9.97 Å². The third-order valence-corrected chi connectivity index (χ3v) is 6.01. The highest BCUT2D eigenvalue weighted by Gasteiger charge is 2.22. The van der Waals surface area contributed by atoms with Crippen molar-refractivity contribution in [3.63, 3.8) is 0 Å². The molecule has 32 heavy (non-hydrogen) atoms. The molecule has 8 nitrogen and oxygen atoms in total. The number of anilines is 1. The second-order valence-corrected chi connectivity index (χ2v) is 8.30. The number of carbonyl (C=O) groups is 1. The second kappa shape index (κ2) is 8.72. The Kier molecular flexibility index (Phi) is 5.63. The first kappa shape index (κ1) is 20.7. The lowest BCUT2D eigenvalue weighted by molar-refractivity contribution is 0.0695. The van der Waals surface area contributed by atoms with Crippen molar-refractivity contribution in [3.8, 4) is 0 Å². The summed E-state index contributed by atoms with van der Waals surface area (Å²) in [4.78, 5) is 22.3. The third-order valence-electron chi connectivity index (χ3n) is 5.70. The standard InChI is InChI=1S/C23H23ClN6O2/c1-14(27-20-5-9-25-19-6-10-26-30(19)20)18-13-15-3-2-4-17(24)21(15)22(29-18)23(31)28-16-7-11-32-12-8-16/h2-6,9-10,13-14,16,27H,7-8,11-12H2,1H3,(H,28,31). The van der Waals surface area contributed by atoms with Crippen LogP contribution in [-0.4, -0.2) is 44.7 Å². The van der Waals surface area contributed by atoms with Crippen molar-refractivity contribution in [1.82, 2.24) is 24.9 Å². The maximum atomic E-state index is 13.2. The zero-order chi connectivity index (χ0) is 22.1. The van der Waals surface area contributed by atoms with Crippen LogP contribution in [0.2, 0.25) is 5.02 Å². The van der Waals surface area contributed by atoms with E-state index in [0.29, 0.717) is 29.3 Å². The first-order valence-electron chi connectivity index (χ1n) is 10.6. The molecule has 1 amide bonds. The molecule has 164 valence electrons. The minimum absolute atomic E-state index is 0.0692. The van der Waals surface area contributed by atoms with Gasteiger partial charge in [-0.2, -0.15) is 9.61 Å². The largest absolute Gasteiger partial charge is 0.381 e. The summed E-state index contributed by atoms with van der Waals surface area (Å²) in [5.41, 5.74) is 1.81. The second-order valence-electron chi connectivity index (χ2n) is 7.89. The Labute approximate surface area is 190 Å². The number of rotatable bonds is 5. The van der Waals surface area contributed by atoms with Crippen LogP contribution in [0.5, 0.6) is 0 Å². The lowest BCUT2D eigenvalue weighted by atomic mass is 10.0. The summed E-state index contributed by atoms with van der Waals surface area (Å²) in [6, 6.07) is 11.1. The maximum Gasteiger partial charge on any atom is 0.270 e. The van der Waals surface area contributed by atoms with Gasteiger partial charge in [-0.05, 0) is 43.4 Å². The van der Waals surface area contributed by atoms with Crippen molar-refractivity contribution in [3.05, 3.63) is 65.2 Å². The van der Waals surface area contributed by atoms with Crippen LogP contribution in [0.4, 0.5) is 5.82 Å². The van der Waals surface area contributed by atoms with Gasteiger partial charge in [0.2, 0.25) is 0 Å². The summed E-state index contributed by atoms with van der Waals surface area (Å²) in [6.45, 7) is 3.29. The van der Waals surface area contributed by atoms with E-state index in [1.807, 2.05) is 37.3 Å². The first-order chi connectivity index (χ1) is 15.6.